The molecule has 0 aliphatic rings. The highest BCUT2D eigenvalue weighted by Gasteiger charge is 2.26. The Morgan fingerprint density at radius 3 is 2.54 bits per heavy atom. The summed E-state index contributed by atoms with van der Waals surface area (Å²) < 4.78 is 18.0. The Balaban J connectivity index is 2.12. The van der Waals surface area contributed by atoms with Crippen molar-refractivity contribution in [3.05, 3.63) is 67.9 Å². The van der Waals surface area contributed by atoms with Crippen molar-refractivity contribution < 1.29 is 23.6 Å². The number of hydrogen-bond donors (Lipinski definition) is 1. The molecule has 7 nitrogen and oxygen atoms in total. The number of carbonyl (C=O) groups excluding carboxylic acids is 2. The Labute approximate surface area is 156 Å². The van der Waals surface area contributed by atoms with E-state index in [9.17, 15) is 24.1 Å². The molecule has 2 rings (SSSR count). The number of amides is 1. The fourth-order valence-corrected chi connectivity index (χ4v) is 2.32. The van der Waals surface area contributed by atoms with Crippen LogP contribution >= 0.6 is 23.2 Å². The molecule has 10 heteroatoms. The molecule has 0 aromatic heterocycles. The van der Waals surface area contributed by atoms with Gasteiger partial charge >= 0.3 is 5.97 Å². The molecule has 0 bridgehead atoms. The summed E-state index contributed by atoms with van der Waals surface area (Å²) in [6, 6.07) is 6.72. The first-order valence-corrected chi connectivity index (χ1v) is 7.85. The van der Waals surface area contributed by atoms with Crippen molar-refractivity contribution in [3.8, 4) is 0 Å². The zero-order chi connectivity index (χ0) is 19.4. The van der Waals surface area contributed by atoms with Gasteiger partial charge in [-0.25, -0.2) is 9.18 Å². The van der Waals surface area contributed by atoms with Crippen LogP contribution in [0.5, 0.6) is 0 Å². The van der Waals surface area contributed by atoms with Gasteiger partial charge in [-0.15, -0.1) is 0 Å². The number of carbonyl (C=O) groups is 2. The van der Waals surface area contributed by atoms with Crippen molar-refractivity contribution >= 4 is 46.5 Å². The average Bonchev–Trinajstić information content (AvgIpc) is 2.56. The minimum atomic E-state index is -1.30. The van der Waals surface area contributed by atoms with Gasteiger partial charge in [0.1, 0.15) is 11.4 Å². The van der Waals surface area contributed by atoms with E-state index in [1.54, 1.807) is 0 Å². The second-order valence-electron chi connectivity index (χ2n) is 5.08. The molecule has 2 aromatic rings. The van der Waals surface area contributed by atoms with Crippen molar-refractivity contribution in [2.24, 2.45) is 0 Å². The number of nitrogens with one attached hydrogen (secondary N) is 1. The van der Waals surface area contributed by atoms with Crippen molar-refractivity contribution in [1.29, 1.82) is 0 Å². The average molecular weight is 401 g/mol. The Bertz CT molecular complexity index is 891. The lowest BCUT2D eigenvalue weighted by Gasteiger charge is -2.14. The number of ether oxygens (including phenoxy) is 1. The third kappa shape index (κ3) is 4.68. The molecule has 0 heterocycles. The van der Waals surface area contributed by atoms with E-state index in [1.165, 1.54) is 19.1 Å². The molecule has 0 fully saturated rings. The van der Waals surface area contributed by atoms with E-state index in [1.807, 2.05) is 0 Å². The van der Waals surface area contributed by atoms with Crippen LogP contribution < -0.4 is 5.32 Å². The van der Waals surface area contributed by atoms with Gasteiger partial charge in [0.05, 0.1) is 15.6 Å². The normalized spacial score (nSPS) is 11.5. The molecule has 0 unspecified atom stereocenters. The number of nitrogens with zero attached hydrogens (tertiary/aromatic N) is 1. The number of esters is 1. The Hall–Kier alpha value is -2.71. The Morgan fingerprint density at radius 1 is 1.23 bits per heavy atom. The molecule has 0 saturated heterocycles. The number of rotatable bonds is 5. The van der Waals surface area contributed by atoms with Gasteiger partial charge in [-0.2, -0.15) is 0 Å². The molecule has 0 aliphatic heterocycles. The lowest BCUT2D eigenvalue weighted by atomic mass is 10.2. The third-order valence-corrected chi connectivity index (χ3v) is 3.77. The molecule has 26 heavy (non-hydrogen) atoms. The van der Waals surface area contributed by atoms with Crippen LogP contribution in [0.3, 0.4) is 0 Å². The fraction of sp³-hybridized carbons (Fsp3) is 0.125. The number of nitro benzene ring substituents is 1. The molecular weight excluding hydrogens is 390 g/mol. The fourth-order valence-electron chi connectivity index (χ4n) is 1.93. The van der Waals surface area contributed by atoms with E-state index in [4.69, 9.17) is 27.9 Å². The predicted molar refractivity (Wildman–Crippen MR) is 93.0 cm³/mol. The maximum atomic E-state index is 13.0. The van der Waals surface area contributed by atoms with Crippen molar-refractivity contribution in [1.82, 2.24) is 0 Å². The first-order chi connectivity index (χ1) is 12.2. The number of anilines is 1. The van der Waals surface area contributed by atoms with Gasteiger partial charge in [0, 0.05) is 11.1 Å². The number of nitro groups is 1. The van der Waals surface area contributed by atoms with Gasteiger partial charge in [0.25, 0.3) is 11.6 Å². The topological polar surface area (TPSA) is 98.5 Å². The number of hydrogen-bond acceptors (Lipinski definition) is 5. The van der Waals surface area contributed by atoms with Gasteiger partial charge in [0.15, 0.2) is 6.10 Å². The van der Waals surface area contributed by atoms with Crippen LogP contribution in [-0.4, -0.2) is 22.9 Å². The molecule has 0 aliphatic carbocycles. The van der Waals surface area contributed by atoms with E-state index in [2.05, 4.69) is 5.32 Å². The molecular formula is C16H11Cl2FN2O5. The molecule has 136 valence electrons. The highest BCUT2D eigenvalue weighted by molar-refractivity contribution is 6.33. The van der Waals surface area contributed by atoms with Crippen LogP contribution in [0.2, 0.25) is 10.0 Å². The SMILES string of the molecule is C[C@H](OC(=O)c1cc(Cl)ccc1[N+](=O)[O-])C(=O)Nc1ccc(F)cc1Cl. The van der Waals surface area contributed by atoms with Crippen LogP contribution in [0.15, 0.2) is 36.4 Å². The van der Waals surface area contributed by atoms with Crippen LogP contribution in [0.25, 0.3) is 0 Å². The quantitative estimate of drug-likeness (QED) is 0.460. The maximum Gasteiger partial charge on any atom is 0.345 e. The molecule has 0 spiro atoms. The monoisotopic (exact) mass is 400 g/mol. The summed E-state index contributed by atoms with van der Waals surface area (Å²) in [5.74, 6) is -2.43. The highest BCUT2D eigenvalue weighted by Crippen LogP contribution is 2.25. The molecule has 1 atom stereocenters. The van der Waals surface area contributed by atoms with Gasteiger partial charge in [0.2, 0.25) is 0 Å². The largest absolute Gasteiger partial charge is 0.449 e. The molecule has 2 aromatic carbocycles. The number of halogens is 3. The molecule has 0 saturated carbocycles. The Morgan fingerprint density at radius 2 is 1.92 bits per heavy atom. The first kappa shape index (κ1) is 19.6. The van der Waals surface area contributed by atoms with E-state index < -0.39 is 34.4 Å². The van der Waals surface area contributed by atoms with Crippen molar-refractivity contribution in [3.63, 3.8) is 0 Å². The maximum absolute atomic E-state index is 13.0. The van der Waals surface area contributed by atoms with E-state index in [0.29, 0.717) is 0 Å². The van der Waals surface area contributed by atoms with E-state index in [-0.39, 0.29) is 21.3 Å². The summed E-state index contributed by atoms with van der Waals surface area (Å²) in [7, 11) is 0. The highest BCUT2D eigenvalue weighted by atomic mass is 35.5. The molecule has 1 amide bonds. The zero-order valence-electron chi connectivity index (χ0n) is 13.2. The second-order valence-corrected chi connectivity index (χ2v) is 5.92. The van der Waals surface area contributed by atoms with Gasteiger partial charge in [-0.3, -0.25) is 14.9 Å². The van der Waals surface area contributed by atoms with Gasteiger partial charge < -0.3 is 10.1 Å². The second kappa shape index (κ2) is 8.11. The standard InChI is InChI=1S/C16H11Cl2FN2O5/c1-8(15(22)20-13-4-3-10(19)7-12(13)18)26-16(23)11-6-9(17)2-5-14(11)21(24)25/h2-8H,1H3,(H,20,22)/t8-/m0/s1. The van der Waals surface area contributed by atoms with Crippen molar-refractivity contribution in [2.45, 2.75) is 13.0 Å². The third-order valence-electron chi connectivity index (χ3n) is 3.22. The minimum Gasteiger partial charge on any atom is -0.449 e. The number of benzene rings is 2. The lowest BCUT2D eigenvalue weighted by molar-refractivity contribution is -0.385. The minimum absolute atomic E-state index is 0.0395. The van der Waals surface area contributed by atoms with Crippen LogP contribution in [0.4, 0.5) is 15.8 Å². The van der Waals surface area contributed by atoms with Crippen molar-refractivity contribution in [2.75, 3.05) is 5.32 Å². The van der Waals surface area contributed by atoms with Crippen LogP contribution in [-0.2, 0) is 9.53 Å². The van der Waals surface area contributed by atoms with Gasteiger partial charge in [-0.05, 0) is 37.3 Å². The van der Waals surface area contributed by atoms with Crippen LogP contribution in [0, 0.1) is 15.9 Å². The summed E-state index contributed by atoms with van der Waals surface area (Å²) in [6.45, 7) is 1.26. The zero-order valence-corrected chi connectivity index (χ0v) is 14.7. The van der Waals surface area contributed by atoms with Crippen LogP contribution in [0.1, 0.15) is 17.3 Å². The van der Waals surface area contributed by atoms with Gasteiger partial charge in [-0.1, -0.05) is 23.2 Å². The first-order valence-electron chi connectivity index (χ1n) is 7.10. The summed E-state index contributed by atoms with van der Waals surface area (Å²) in [6.07, 6.45) is -1.30. The molecule has 0 radical (unpaired) electrons. The molecule has 1 N–H and O–H groups in total. The summed E-state index contributed by atoms with van der Waals surface area (Å²) in [4.78, 5) is 34.5. The van der Waals surface area contributed by atoms with E-state index in [0.717, 1.165) is 24.3 Å². The summed E-state index contributed by atoms with van der Waals surface area (Å²) in [5.41, 5.74) is -0.773. The smallest absolute Gasteiger partial charge is 0.345 e. The Kier molecular flexibility index (Phi) is 6.12. The van der Waals surface area contributed by atoms with E-state index >= 15 is 0 Å². The lowest BCUT2D eigenvalue weighted by Crippen LogP contribution is -2.30. The summed E-state index contributed by atoms with van der Waals surface area (Å²) >= 11 is 11.5. The summed E-state index contributed by atoms with van der Waals surface area (Å²) in [5, 5.41) is 13.4. The predicted octanol–water partition coefficient (Wildman–Crippen LogP) is 4.22.